The van der Waals surface area contributed by atoms with E-state index in [1.54, 1.807) is 28.8 Å². The van der Waals surface area contributed by atoms with Crippen LogP contribution < -0.4 is 4.90 Å². The van der Waals surface area contributed by atoms with Crippen LogP contribution in [0, 0.1) is 6.92 Å². The van der Waals surface area contributed by atoms with Crippen molar-refractivity contribution < 1.29 is 4.79 Å². The fourth-order valence-corrected chi connectivity index (χ4v) is 4.52. The first-order chi connectivity index (χ1) is 13.0. The summed E-state index contributed by atoms with van der Waals surface area (Å²) in [5, 5.41) is 12.3. The summed E-state index contributed by atoms with van der Waals surface area (Å²) in [6.07, 6.45) is 1.82. The maximum atomic E-state index is 12.2. The summed E-state index contributed by atoms with van der Waals surface area (Å²) in [4.78, 5) is 18.4. The molecule has 3 rings (SSSR count). The van der Waals surface area contributed by atoms with Gasteiger partial charge < -0.3 is 4.57 Å². The normalized spacial score (nSPS) is 10.8. The molecule has 2 heterocycles. The molecule has 2 aromatic heterocycles. The van der Waals surface area contributed by atoms with Gasteiger partial charge in [-0.3, -0.25) is 9.69 Å². The van der Waals surface area contributed by atoms with Gasteiger partial charge in [-0.2, -0.15) is 0 Å². The third kappa shape index (κ3) is 4.58. The van der Waals surface area contributed by atoms with Crippen LogP contribution in [0.15, 0.2) is 47.5 Å². The van der Waals surface area contributed by atoms with E-state index in [4.69, 9.17) is 11.6 Å². The van der Waals surface area contributed by atoms with Gasteiger partial charge in [0.05, 0.1) is 11.4 Å². The number of halogens is 1. The highest BCUT2D eigenvalue weighted by molar-refractivity contribution is 7.98. The molecule has 1 amide bonds. The minimum Gasteiger partial charge on any atom is -0.302 e. The zero-order valence-corrected chi connectivity index (χ0v) is 17.3. The predicted molar refractivity (Wildman–Crippen MR) is 111 cm³/mol. The van der Waals surface area contributed by atoms with Crippen LogP contribution in [0.3, 0.4) is 0 Å². The number of carbonyl (C=O) groups excluding carboxylic acids is 1. The zero-order chi connectivity index (χ0) is 19.4. The first kappa shape index (κ1) is 19.6. The molecule has 0 saturated heterocycles. The van der Waals surface area contributed by atoms with E-state index < -0.39 is 0 Å². The Morgan fingerprint density at radius 2 is 2.26 bits per heavy atom. The molecule has 0 saturated carbocycles. The summed E-state index contributed by atoms with van der Waals surface area (Å²) < 4.78 is 2.00. The molecular formula is C18H18ClN5OS2. The second kappa shape index (κ2) is 8.69. The molecule has 0 spiro atoms. The van der Waals surface area contributed by atoms with Gasteiger partial charge in [0.15, 0.2) is 10.3 Å². The smallest absolute Gasteiger partial charge is 0.230 e. The van der Waals surface area contributed by atoms with Crippen molar-refractivity contribution in [1.82, 2.24) is 19.7 Å². The summed E-state index contributed by atoms with van der Waals surface area (Å²) in [5.74, 6) is 1.36. The van der Waals surface area contributed by atoms with Crippen LogP contribution in [-0.4, -0.2) is 25.7 Å². The Hall–Kier alpha value is -2.16. The summed E-state index contributed by atoms with van der Waals surface area (Å²) in [7, 11) is 0. The van der Waals surface area contributed by atoms with Gasteiger partial charge in [0.1, 0.15) is 5.82 Å². The Morgan fingerprint density at radius 3 is 2.96 bits per heavy atom. The number of thiazole rings is 1. The third-order valence-electron chi connectivity index (χ3n) is 3.67. The number of rotatable bonds is 7. The van der Waals surface area contributed by atoms with Gasteiger partial charge in [0, 0.05) is 29.6 Å². The summed E-state index contributed by atoms with van der Waals surface area (Å²) >= 11 is 9.04. The van der Waals surface area contributed by atoms with E-state index in [1.165, 1.54) is 18.3 Å². The molecule has 140 valence electrons. The molecule has 0 unspecified atom stereocenters. The number of benzene rings is 1. The molecular weight excluding hydrogens is 402 g/mol. The summed E-state index contributed by atoms with van der Waals surface area (Å²) in [6, 6.07) is 7.17. The monoisotopic (exact) mass is 419 g/mol. The highest BCUT2D eigenvalue weighted by atomic mass is 35.5. The molecule has 0 aliphatic heterocycles. The van der Waals surface area contributed by atoms with Crippen molar-refractivity contribution >= 4 is 51.4 Å². The SMILES string of the molecule is C=CCn1c(C)nnc1SCc1csc(N(C(C)=O)c2cccc(Cl)c2)n1. The second-order valence-corrected chi connectivity index (χ2v) is 7.89. The summed E-state index contributed by atoms with van der Waals surface area (Å²) in [6.45, 7) is 7.86. The van der Waals surface area contributed by atoms with Crippen LogP contribution in [-0.2, 0) is 17.1 Å². The van der Waals surface area contributed by atoms with Gasteiger partial charge in [-0.25, -0.2) is 4.98 Å². The fraction of sp³-hybridized carbons (Fsp3) is 0.222. The predicted octanol–water partition coefficient (Wildman–Crippen LogP) is 4.86. The van der Waals surface area contributed by atoms with Crippen LogP contribution in [0.2, 0.25) is 5.02 Å². The summed E-state index contributed by atoms with van der Waals surface area (Å²) in [5.41, 5.74) is 1.57. The van der Waals surface area contributed by atoms with Crippen molar-refractivity contribution in [1.29, 1.82) is 0 Å². The largest absolute Gasteiger partial charge is 0.302 e. The average molecular weight is 420 g/mol. The van der Waals surface area contributed by atoms with Gasteiger partial charge in [-0.1, -0.05) is 35.5 Å². The fourth-order valence-electron chi connectivity index (χ4n) is 2.45. The molecule has 0 radical (unpaired) electrons. The minimum atomic E-state index is -0.118. The number of allylic oxidation sites excluding steroid dienone is 1. The Balaban J connectivity index is 1.77. The molecule has 6 nitrogen and oxygen atoms in total. The van der Waals surface area contributed by atoms with Crippen LogP contribution in [0.25, 0.3) is 0 Å². The molecule has 1 aromatic carbocycles. The van der Waals surface area contributed by atoms with Crippen molar-refractivity contribution in [2.75, 3.05) is 4.90 Å². The van der Waals surface area contributed by atoms with Crippen LogP contribution in [0.4, 0.5) is 10.8 Å². The quantitative estimate of drug-likeness (QED) is 0.404. The Morgan fingerprint density at radius 1 is 1.44 bits per heavy atom. The van der Waals surface area contributed by atoms with Crippen molar-refractivity contribution in [2.45, 2.75) is 31.3 Å². The lowest BCUT2D eigenvalue weighted by Gasteiger charge is -2.18. The molecule has 0 bridgehead atoms. The number of hydrogen-bond acceptors (Lipinski definition) is 6. The lowest BCUT2D eigenvalue weighted by molar-refractivity contribution is -0.115. The van der Waals surface area contributed by atoms with Gasteiger partial charge in [0.2, 0.25) is 5.91 Å². The molecule has 3 aromatic rings. The Kier molecular flexibility index (Phi) is 6.30. The van der Waals surface area contributed by atoms with Gasteiger partial charge in [0.25, 0.3) is 0 Å². The standard InChI is InChI=1S/C18H18ClN5OS2/c1-4-8-23-12(2)21-22-18(23)27-11-15-10-26-17(20-15)24(13(3)25)16-7-5-6-14(19)9-16/h4-7,9-10H,1,8,11H2,2-3H3. The number of nitrogens with zero attached hydrogens (tertiary/aromatic N) is 5. The van der Waals surface area contributed by atoms with E-state index in [-0.39, 0.29) is 5.91 Å². The molecule has 27 heavy (non-hydrogen) atoms. The molecule has 0 atom stereocenters. The van der Waals surface area contributed by atoms with Crippen molar-refractivity contribution in [2.24, 2.45) is 0 Å². The molecule has 0 aliphatic rings. The van der Waals surface area contributed by atoms with Crippen molar-refractivity contribution in [3.8, 4) is 0 Å². The first-order valence-corrected chi connectivity index (χ1v) is 10.4. The molecule has 9 heteroatoms. The van der Waals surface area contributed by atoms with Crippen LogP contribution in [0.1, 0.15) is 18.4 Å². The lowest BCUT2D eigenvalue weighted by Crippen LogP contribution is -2.22. The van der Waals surface area contributed by atoms with E-state index in [0.29, 0.717) is 28.1 Å². The van der Waals surface area contributed by atoms with Crippen molar-refractivity contribution in [3.63, 3.8) is 0 Å². The second-order valence-electron chi connectivity index (χ2n) is 5.67. The first-order valence-electron chi connectivity index (χ1n) is 8.13. The molecule has 0 N–H and O–H groups in total. The van der Waals surface area contributed by atoms with E-state index >= 15 is 0 Å². The van der Waals surface area contributed by atoms with Crippen LogP contribution in [0.5, 0.6) is 0 Å². The maximum absolute atomic E-state index is 12.2. The number of anilines is 2. The van der Waals surface area contributed by atoms with Gasteiger partial charge >= 0.3 is 0 Å². The van der Waals surface area contributed by atoms with Crippen LogP contribution >= 0.6 is 34.7 Å². The van der Waals surface area contributed by atoms with E-state index in [0.717, 1.165) is 16.7 Å². The number of aromatic nitrogens is 4. The van der Waals surface area contributed by atoms with E-state index in [2.05, 4.69) is 21.8 Å². The number of thioether (sulfide) groups is 1. The van der Waals surface area contributed by atoms with E-state index in [9.17, 15) is 4.79 Å². The number of hydrogen-bond donors (Lipinski definition) is 0. The average Bonchev–Trinajstić information content (AvgIpc) is 3.21. The number of amides is 1. The van der Waals surface area contributed by atoms with E-state index in [1.807, 2.05) is 35.1 Å². The Bertz CT molecular complexity index is 968. The van der Waals surface area contributed by atoms with Crippen molar-refractivity contribution in [3.05, 3.63) is 58.8 Å². The highest BCUT2D eigenvalue weighted by Gasteiger charge is 2.18. The topological polar surface area (TPSA) is 63.9 Å². The lowest BCUT2D eigenvalue weighted by atomic mass is 10.3. The Labute approximate surface area is 170 Å². The third-order valence-corrected chi connectivity index (χ3v) is 5.78. The molecule has 0 fully saturated rings. The zero-order valence-electron chi connectivity index (χ0n) is 14.9. The molecule has 0 aliphatic carbocycles. The number of aryl methyl sites for hydroxylation is 1. The van der Waals surface area contributed by atoms with Gasteiger partial charge in [-0.15, -0.1) is 28.1 Å². The minimum absolute atomic E-state index is 0.118. The maximum Gasteiger partial charge on any atom is 0.230 e. The van der Waals surface area contributed by atoms with Gasteiger partial charge in [-0.05, 0) is 25.1 Å². The number of carbonyl (C=O) groups is 1. The highest BCUT2D eigenvalue weighted by Crippen LogP contribution is 2.32.